The van der Waals surface area contributed by atoms with Crippen LogP contribution in [0.1, 0.15) is 120 Å². The van der Waals surface area contributed by atoms with Crippen molar-refractivity contribution in [3.05, 3.63) is 11.6 Å². The molecular formula is C46H74O15. The number of ether oxygens (including phenoxy) is 6. The fraction of sp³-hybridized carbons (Fsp3) is 0.935. The third-order valence-corrected chi connectivity index (χ3v) is 18.5. The average Bonchev–Trinajstić information content (AvgIpc) is 3.18. The number of aliphatic hydroxyl groups is 7. The summed E-state index contributed by atoms with van der Waals surface area (Å²) in [6, 6.07) is 0. The van der Waals surface area contributed by atoms with Crippen molar-refractivity contribution in [1.82, 2.24) is 0 Å². The first-order valence-electron chi connectivity index (χ1n) is 23.0. The molecule has 4 saturated carbocycles. The summed E-state index contributed by atoms with van der Waals surface area (Å²) in [5, 5.41) is 85.9. The topological polar surface area (TPSA) is 234 Å². The van der Waals surface area contributed by atoms with E-state index in [0.29, 0.717) is 12.3 Å². The normalized spacial score (nSPS) is 54.3. The fourth-order valence-corrected chi connectivity index (χ4v) is 14.5. The van der Waals surface area contributed by atoms with Gasteiger partial charge in [0.25, 0.3) is 0 Å². The van der Waals surface area contributed by atoms with E-state index in [1.165, 1.54) is 12.5 Å². The van der Waals surface area contributed by atoms with Gasteiger partial charge in [-0.3, -0.25) is 4.79 Å². The van der Waals surface area contributed by atoms with Gasteiger partial charge in [0.05, 0.1) is 30.8 Å². The summed E-state index contributed by atoms with van der Waals surface area (Å²) in [4.78, 5) is 13.1. The maximum Gasteiger partial charge on any atom is 0.310 e. The fourth-order valence-electron chi connectivity index (χ4n) is 14.5. The van der Waals surface area contributed by atoms with E-state index in [-0.39, 0.29) is 58.2 Å². The predicted molar refractivity (Wildman–Crippen MR) is 217 cm³/mol. The van der Waals surface area contributed by atoms with Gasteiger partial charge in [-0.15, -0.1) is 0 Å². The van der Waals surface area contributed by atoms with Crippen LogP contribution in [0.3, 0.4) is 0 Å². The zero-order chi connectivity index (χ0) is 44.4. The van der Waals surface area contributed by atoms with Gasteiger partial charge < -0.3 is 69.3 Å². The van der Waals surface area contributed by atoms with E-state index in [1.807, 2.05) is 0 Å². The molecule has 8 rings (SSSR count). The lowest BCUT2D eigenvalue weighted by molar-refractivity contribution is -0.378. The molecule has 3 heterocycles. The molecule has 3 saturated heterocycles. The molecular weight excluding hydrogens is 792 g/mol. The number of allylic oxidation sites excluding steroid dienone is 2. The first-order chi connectivity index (χ1) is 28.4. The number of aliphatic hydroxyl groups excluding tert-OH is 7. The number of hydrogen-bond donors (Lipinski definition) is 8. The smallest absolute Gasteiger partial charge is 0.310 e. The largest absolute Gasteiger partial charge is 0.481 e. The summed E-state index contributed by atoms with van der Waals surface area (Å²) in [6.45, 7) is 17.5. The minimum atomic E-state index is -1.69. The Balaban J connectivity index is 1.00. The highest BCUT2D eigenvalue weighted by Crippen LogP contribution is 2.76. The van der Waals surface area contributed by atoms with Gasteiger partial charge in [0, 0.05) is 0 Å². The Bertz CT molecular complexity index is 1670. The first kappa shape index (κ1) is 46.2. The molecule has 0 radical (unpaired) electrons. The molecule has 0 aromatic carbocycles. The van der Waals surface area contributed by atoms with E-state index >= 15 is 0 Å². The van der Waals surface area contributed by atoms with Crippen LogP contribution in [0.2, 0.25) is 0 Å². The molecule has 3 aliphatic heterocycles. The molecule has 8 aliphatic rings. The number of carbonyl (C=O) groups is 1. The lowest BCUT2D eigenvalue weighted by Crippen LogP contribution is -2.66. The lowest BCUT2D eigenvalue weighted by atomic mass is 9.33. The molecule has 5 aliphatic carbocycles. The highest BCUT2D eigenvalue weighted by molar-refractivity contribution is 5.76. The van der Waals surface area contributed by atoms with Crippen molar-refractivity contribution in [2.75, 3.05) is 13.2 Å². The zero-order valence-electron chi connectivity index (χ0n) is 37.3. The summed E-state index contributed by atoms with van der Waals surface area (Å²) in [6.07, 6.45) is -7.57. The van der Waals surface area contributed by atoms with Gasteiger partial charge >= 0.3 is 5.97 Å². The summed E-state index contributed by atoms with van der Waals surface area (Å²) >= 11 is 0. The SMILES string of the molecule is C[C@H]1O[C@H](O[C@H]2[C@H](O[C@@H]3CC[C@@]4(C)[C@@H](CC[C@]5(C)[C@H]4CC=C4[C@@H]6CC(C)(C)CC[C@]6(C(=O)O)CC[C@]45C)C3(C)C)OC[C@@H](O)[C@H]2O)[C@@H](O)[C@@H](O[C@H]2OC[C@@H](O)[C@@H](O)[C@H]2O)[C@H]1O. The standard InChI is InChI=1S/C46H74O15/c1-22-30(49)35(60-37-33(52)31(50)25(47)20-56-37)34(53)38(58-22)61-36-32(51)26(48)21-57-39(36)59-29-12-13-43(6)27(42(29,4)5)11-14-45(8)28(43)10-9-23-24-19-41(2,3)15-17-46(24,40(54)55)18-16-44(23,45)7/h9,22,24-39,47-53H,10-21H2,1-8H3,(H,54,55)/t22-,24+,25-,26-,27+,28+,29-,30+,31-,32-,33-,34+,35+,36-,37-,38-,39+,43+,44-,45-,46+/m1/s1. The van der Waals surface area contributed by atoms with E-state index in [0.717, 1.165) is 57.8 Å². The molecule has 61 heavy (non-hydrogen) atoms. The molecule has 0 aromatic rings. The highest BCUT2D eigenvalue weighted by atomic mass is 16.8. The van der Waals surface area contributed by atoms with Crippen molar-refractivity contribution in [3.63, 3.8) is 0 Å². The zero-order valence-corrected chi connectivity index (χ0v) is 37.3. The first-order valence-corrected chi connectivity index (χ1v) is 23.0. The summed E-state index contributed by atoms with van der Waals surface area (Å²) < 4.78 is 36.2. The van der Waals surface area contributed by atoms with E-state index in [1.54, 1.807) is 0 Å². The Hall–Kier alpha value is -1.31. The molecule has 21 atom stereocenters. The van der Waals surface area contributed by atoms with Gasteiger partial charge in [0.15, 0.2) is 18.9 Å². The van der Waals surface area contributed by atoms with Crippen LogP contribution in [0.5, 0.6) is 0 Å². The van der Waals surface area contributed by atoms with E-state index in [9.17, 15) is 45.6 Å². The summed E-state index contributed by atoms with van der Waals surface area (Å²) in [5.41, 5.74) is 0.298. The van der Waals surface area contributed by atoms with Crippen LogP contribution >= 0.6 is 0 Å². The number of fused-ring (bicyclic) bond motifs is 7. The molecule has 7 fully saturated rings. The third kappa shape index (κ3) is 7.21. The molecule has 0 aromatic heterocycles. The number of rotatable bonds is 7. The van der Waals surface area contributed by atoms with Gasteiger partial charge in [0.1, 0.15) is 54.9 Å². The summed E-state index contributed by atoms with van der Waals surface area (Å²) in [5.74, 6) is 0.0702. The van der Waals surface area contributed by atoms with Crippen molar-refractivity contribution in [2.24, 2.45) is 50.2 Å². The Morgan fingerprint density at radius 3 is 2.00 bits per heavy atom. The van der Waals surface area contributed by atoms with Crippen LogP contribution in [0.25, 0.3) is 0 Å². The number of hydrogen-bond acceptors (Lipinski definition) is 14. The summed E-state index contributed by atoms with van der Waals surface area (Å²) in [7, 11) is 0. The number of aliphatic carboxylic acids is 1. The number of carboxylic acids is 1. The van der Waals surface area contributed by atoms with Crippen LogP contribution < -0.4 is 0 Å². The van der Waals surface area contributed by atoms with Crippen LogP contribution in [0.15, 0.2) is 11.6 Å². The predicted octanol–water partition coefficient (Wildman–Crippen LogP) is 3.01. The van der Waals surface area contributed by atoms with E-state index < -0.39 is 91.3 Å². The monoisotopic (exact) mass is 867 g/mol. The molecule has 8 N–H and O–H groups in total. The Labute approximate surface area is 360 Å². The quantitative estimate of drug-likeness (QED) is 0.136. The van der Waals surface area contributed by atoms with E-state index in [4.69, 9.17) is 28.4 Å². The maximum atomic E-state index is 13.1. The van der Waals surface area contributed by atoms with Gasteiger partial charge in [-0.1, -0.05) is 60.1 Å². The minimum Gasteiger partial charge on any atom is -0.481 e. The molecule has 0 amide bonds. The lowest BCUT2D eigenvalue weighted by Gasteiger charge is -2.71. The molecule has 348 valence electrons. The second kappa shape index (κ2) is 15.9. The molecule has 15 heteroatoms. The van der Waals surface area contributed by atoms with Gasteiger partial charge in [-0.25, -0.2) is 0 Å². The van der Waals surface area contributed by atoms with Gasteiger partial charge in [0.2, 0.25) is 0 Å². The minimum absolute atomic E-state index is 0.0145. The molecule has 0 bridgehead atoms. The van der Waals surface area contributed by atoms with Crippen molar-refractivity contribution in [1.29, 1.82) is 0 Å². The van der Waals surface area contributed by atoms with Gasteiger partial charge in [-0.05, 0) is 116 Å². The van der Waals surface area contributed by atoms with Crippen LogP contribution in [0.4, 0.5) is 0 Å². The molecule has 0 spiro atoms. The Morgan fingerprint density at radius 2 is 1.31 bits per heavy atom. The van der Waals surface area contributed by atoms with Crippen molar-refractivity contribution in [2.45, 2.75) is 206 Å². The molecule has 15 nitrogen and oxygen atoms in total. The van der Waals surface area contributed by atoms with Crippen molar-refractivity contribution < 1.29 is 74.1 Å². The highest BCUT2D eigenvalue weighted by Gasteiger charge is 2.69. The average molecular weight is 867 g/mol. The van der Waals surface area contributed by atoms with Gasteiger partial charge in [-0.2, -0.15) is 0 Å². The van der Waals surface area contributed by atoms with Crippen LogP contribution in [-0.4, -0.2) is 146 Å². The van der Waals surface area contributed by atoms with Crippen LogP contribution in [-0.2, 0) is 33.2 Å². The van der Waals surface area contributed by atoms with Crippen molar-refractivity contribution in [3.8, 4) is 0 Å². The second-order valence-electron chi connectivity index (χ2n) is 22.6. The Morgan fingerprint density at radius 1 is 0.672 bits per heavy atom. The van der Waals surface area contributed by atoms with Crippen molar-refractivity contribution >= 4 is 5.97 Å². The van der Waals surface area contributed by atoms with Crippen LogP contribution in [0, 0.1) is 50.2 Å². The number of carboxylic acid groups (broad SMARTS) is 1. The third-order valence-electron chi connectivity index (χ3n) is 18.5. The maximum absolute atomic E-state index is 13.1. The second-order valence-corrected chi connectivity index (χ2v) is 22.6. The van der Waals surface area contributed by atoms with E-state index in [2.05, 4.69) is 54.5 Å². The Kier molecular flexibility index (Phi) is 12.1. The molecule has 0 unspecified atom stereocenters.